The summed E-state index contributed by atoms with van der Waals surface area (Å²) in [5, 5.41) is 3.46. The molecule has 0 saturated carbocycles. The summed E-state index contributed by atoms with van der Waals surface area (Å²) in [5.41, 5.74) is 0. The summed E-state index contributed by atoms with van der Waals surface area (Å²) in [6.45, 7) is 5.80. The average molecular weight is 113 g/mol. The molecule has 0 radical (unpaired) electrons. The molecule has 1 aliphatic heterocycles. The molecule has 1 fully saturated rings. The normalized spacial score (nSPS) is 29.6. The molecule has 1 heteroatoms. The molecule has 0 aromatic heterocycles. The highest BCUT2D eigenvalue weighted by Gasteiger charge is 2.16. The molecule has 48 valence electrons. The molecule has 1 heterocycles. The highest BCUT2D eigenvalue weighted by Crippen LogP contribution is 2.12. The van der Waals surface area contributed by atoms with E-state index in [0.29, 0.717) is 0 Å². The van der Waals surface area contributed by atoms with Crippen LogP contribution in [0.5, 0.6) is 0 Å². The molecule has 0 aromatic carbocycles. The maximum absolute atomic E-state index is 3.46. The van der Waals surface area contributed by atoms with Crippen molar-refractivity contribution in [3.05, 3.63) is 0 Å². The van der Waals surface area contributed by atoms with Crippen molar-refractivity contribution in [1.29, 1.82) is 0 Å². The topological polar surface area (TPSA) is 12.0 Å². The molecule has 0 aliphatic carbocycles. The smallest absolute Gasteiger partial charge is 0.00905 e. The van der Waals surface area contributed by atoms with E-state index < -0.39 is 0 Å². The third kappa shape index (κ3) is 1.22. The summed E-state index contributed by atoms with van der Waals surface area (Å²) in [6, 6.07) is 0.815. The van der Waals surface area contributed by atoms with Crippen LogP contribution in [0, 0.1) is 5.92 Å². The standard InChI is InChI=1S/C7H15N/c1-6(2)7-4-3-5-8-7/h6-8H,3-5H2,1-2H3/t7-/m1/s1. The Kier molecular flexibility index (Phi) is 1.90. The number of nitrogens with one attached hydrogen (secondary N) is 1. The quantitative estimate of drug-likeness (QED) is 0.542. The van der Waals surface area contributed by atoms with Crippen molar-refractivity contribution in [1.82, 2.24) is 5.32 Å². The Hall–Kier alpha value is -0.0400. The van der Waals surface area contributed by atoms with Crippen LogP contribution in [-0.2, 0) is 0 Å². The Labute approximate surface area is 51.5 Å². The summed E-state index contributed by atoms with van der Waals surface area (Å²) in [7, 11) is 0. The highest BCUT2D eigenvalue weighted by atomic mass is 14.9. The number of hydrogen-bond acceptors (Lipinski definition) is 1. The van der Waals surface area contributed by atoms with Crippen LogP contribution in [0.1, 0.15) is 26.7 Å². The zero-order valence-corrected chi connectivity index (χ0v) is 5.78. The van der Waals surface area contributed by atoms with E-state index >= 15 is 0 Å². The van der Waals surface area contributed by atoms with Gasteiger partial charge in [-0.2, -0.15) is 0 Å². The van der Waals surface area contributed by atoms with Crippen molar-refractivity contribution in [2.75, 3.05) is 6.54 Å². The van der Waals surface area contributed by atoms with Crippen molar-refractivity contribution in [3.8, 4) is 0 Å². The maximum Gasteiger partial charge on any atom is 0.00905 e. The lowest BCUT2D eigenvalue weighted by atomic mass is 10.0. The largest absolute Gasteiger partial charge is 0.314 e. The van der Waals surface area contributed by atoms with Crippen molar-refractivity contribution in [2.24, 2.45) is 5.92 Å². The zero-order chi connectivity index (χ0) is 5.98. The van der Waals surface area contributed by atoms with Crippen molar-refractivity contribution >= 4 is 0 Å². The minimum absolute atomic E-state index is 0.815. The summed E-state index contributed by atoms with van der Waals surface area (Å²) >= 11 is 0. The summed E-state index contributed by atoms with van der Waals surface area (Å²) in [4.78, 5) is 0. The van der Waals surface area contributed by atoms with Crippen LogP contribution in [0.2, 0.25) is 0 Å². The van der Waals surface area contributed by atoms with Crippen LogP contribution < -0.4 is 5.32 Å². The van der Waals surface area contributed by atoms with E-state index in [1.54, 1.807) is 0 Å². The second-order valence-corrected chi connectivity index (χ2v) is 2.95. The van der Waals surface area contributed by atoms with Gasteiger partial charge >= 0.3 is 0 Å². The first kappa shape index (κ1) is 6.09. The minimum Gasteiger partial charge on any atom is -0.314 e. The molecule has 1 N–H and O–H groups in total. The van der Waals surface area contributed by atoms with Gasteiger partial charge in [-0.05, 0) is 25.3 Å². The lowest BCUT2D eigenvalue weighted by Gasteiger charge is -2.12. The van der Waals surface area contributed by atoms with Crippen molar-refractivity contribution in [2.45, 2.75) is 32.7 Å². The lowest BCUT2D eigenvalue weighted by molar-refractivity contribution is 0.452. The van der Waals surface area contributed by atoms with Crippen LogP contribution in [0.4, 0.5) is 0 Å². The van der Waals surface area contributed by atoms with E-state index in [-0.39, 0.29) is 0 Å². The molecule has 0 unspecified atom stereocenters. The Balaban J connectivity index is 2.24. The third-order valence-corrected chi connectivity index (χ3v) is 1.90. The first-order valence-electron chi connectivity index (χ1n) is 3.54. The lowest BCUT2D eigenvalue weighted by Crippen LogP contribution is -2.26. The van der Waals surface area contributed by atoms with Gasteiger partial charge in [0.05, 0.1) is 0 Å². The van der Waals surface area contributed by atoms with Crippen LogP contribution >= 0.6 is 0 Å². The summed E-state index contributed by atoms with van der Waals surface area (Å²) in [5.74, 6) is 0.831. The van der Waals surface area contributed by atoms with Gasteiger partial charge in [-0.1, -0.05) is 13.8 Å². The maximum atomic E-state index is 3.46. The third-order valence-electron chi connectivity index (χ3n) is 1.90. The molecular weight excluding hydrogens is 98.1 g/mol. The van der Waals surface area contributed by atoms with Gasteiger partial charge in [0, 0.05) is 6.04 Å². The van der Waals surface area contributed by atoms with E-state index in [4.69, 9.17) is 0 Å². The van der Waals surface area contributed by atoms with E-state index in [1.807, 2.05) is 0 Å². The Morgan fingerprint density at radius 3 is 2.50 bits per heavy atom. The molecule has 1 aliphatic rings. The van der Waals surface area contributed by atoms with Gasteiger partial charge in [0.25, 0.3) is 0 Å². The van der Waals surface area contributed by atoms with E-state index in [0.717, 1.165) is 12.0 Å². The molecule has 1 nitrogen and oxygen atoms in total. The SMILES string of the molecule is CC(C)[C@H]1CCCN1. The first-order chi connectivity index (χ1) is 3.80. The molecule has 1 rings (SSSR count). The van der Waals surface area contributed by atoms with Gasteiger partial charge in [0.1, 0.15) is 0 Å². The van der Waals surface area contributed by atoms with Gasteiger partial charge in [-0.3, -0.25) is 0 Å². The molecule has 1 atom stereocenters. The average Bonchev–Trinajstić information content (AvgIpc) is 2.12. The molecule has 0 amide bonds. The van der Waals surface area contributed by atoms with Crippen LogP contribution in [-0.4, -0.2) is 12.6 Å². The Morgan fingerprint density at radius 1 is 1.50 bits per heavy atom. The predicted molar refractivity (Wildman–Crippen MR) is 35.9 cm³/mol. The van der Waals surface area contributed by atoms with Gasteiger partial charge in [-0.25, -0.2) is 0 Å². The molecule has 1 saturated heterocycles. The summed E-state index contributed by atoms with van der Waals surface area (Å²) in [6.07, 6.45) is 2.76. The molecule has 0 spiro atoms. The number of rotatable bonds is 1. The minimum atomic E-state index is 0.815. The van der Waals surface area contributed by atoms with Gasteiger partial charge < -0.3 is 5.32 Å². The fourth-order valence-corrected chi connectivity index (χ4v) is 1.28. The zero-order valence-electron chi connectivity index (χ0n) is 5.78. The second-order valence-electron chi connectivity index (χ2n) is 2.95. The highest BCUT2D eigenvalue weighted by molar-refractivity contribution is 4.76. The fourth-order valence-electron chi connectivity index (χ4n) is 1.28. The van der Waals surface area contributed by atoms with Gasteiger partial charge in [-0.15, -0.1) is 0 Å². The van der Waals surface area contributed by atoms with Crippen LogP contribution in [0.3, 0.4) is 0 Å². The second kappa shape index (κ2) is 2.49. The van der Waals surface area contributed by atoms with Crippen LogP contribution in [0.15, 0.2) is 0 Å². The summed E-state index contributed by atoms with van der Waals surface area (Å²) < 4.78 is 0. The molecular formula is C7H15N. The molecule has 8 heavy (non-hydrogen) atoms. The van der Waals surface area contributed by atoms with E-state index in [1.165, 1.54) is 19.4 Å². The van der Waals surface area contributed by atoms with Crippen molar-refractivity contribution < 1.29 is 0 Å². The molecule has 0 bridgehead atoms. The Morgan fingerprint density at radius 2 is 2.25 bits per heavy atom. The first-order valence-corrected chi connectivity index (χ1v) is 3.54. The van der Waals surface area contributed by atoms with Crippen LogP contribution in [0.25, 0.3) is 0 Å². The Bertz CT molecular complexity index is 62.8. The monoisotopic (exact) mass is 113 g/mol. The fraction of sp³-hybridized carbons (Fsp3) is 1.00. The molecule has 0 aromatic rings. The van der Waals surface area contributed by atoms with Gasteiger partial charge in [0.2, 0.25) is 0 Å². The predicted octanol–water partition coefficient (Wildman–Crippen LogP) is 1.39. The van der Waals surface area contributed by atoms with Gasteiger partial charge in [0.15, 0.2) is 0 Å². The van der Waals surface area contributed by atoms with Crippen molar-refractivity contribution in [3.63, 3.8) is 0 Å². The van der Waals surface area contributed by atoms with E-state index in [2.05, 4.69) is 19.2 Å². The number of hydrogen-bond donors (Lipinski definition) is 1. The van der Waals surface area contributed by atoms with E-state index in [9.17, 15) is 0 Å².